The quantitative estimate of drug-likeness (QED) is 0.137. The molecule has 0 aliphatic carbocycles. The lowest BCUT2D eigenvalue weighted by molar-refractivity contribution is -0.638. The van der Waals surface area contributed by atoms with Crippen molar-refractivity contribution in [3.05, 3.63) is 74.3 Å². The Morgan fingerprint density at radius 3 is 2.47 bits per heavy atom. The predicted octanol–water partition coefficient (Wildman–Crippen LogP) is 2.84. The molecule has 0 radical (unpaired) electrons. The highest BCUT2D eigenvalue weighted by molar-refractivity contribution is 6.32. The number of nitrogens with two attached hydrogens (primary N) is 1. The third-order valence-electron chi connectivity index (χ3n) is 4.01. The number of hydrazine groups is 1. The van der Waals surface area contributed by atoms with Crippen LogP contribution >= 0.6 is 11.6 Å². The number of amidine groups is 1. The number of amides is 1. The third kappa shape index (κ3) is 6.96. The minimum atomic E-state index is -4.65. The van der Waals surface area contributed by atoms with Crippen LogP contribution < -0.4 is 10.5 Å². The van der Waals surface area contributed by atoms with Crippen LogP contribution in [0.25, 0.3) is 0 Å². The Balaban J connectivity index is 2.16. The molecule has 0 spiro atoms. The molecule has 0 aliphatic heterocycles. The van der Waals surface area contributed by atoms with Crippen LogP contribution in [0.1, 0.15) is 21.5 Å². The Hall–Kier alpha value is -4.07. The van der Waals surface area contributed by atoms with Crippen molar-refractivity contribution >= 4 is 29.3 Å². The lowest BCUT2D eigenvalue weighted by Crippen LogP contribution is -2.39. The lowest BCUT2D eigenvalue weighted by atomic mass is 10.1. The van der Waals surface area contributed by atoms with Crippen LogP contribution in [0.2, 0.25) is 5.02 Å². The first kappa shape index (κ1) is 26.2. The molecule has 0 bridgehead atoms. The summed E-state index contributed by atoms with van der Waals surface area (Å²) in [5.74, 6) is -2.38. The van der Waals surface area contributed by atoms with Crippen LogP contribution in [0.3, 0.4) is 0 Å². The zero-order valence-electron chi connectivity index (χ0n) is 17.2. The number of hydrogen-bond donors (Lipinski definition) is 1. The minimum Gasteiger partial charge on any atom is -0.466 e. The highest BCUT2D eigenvalue weighted by atomic mass is 35.5. The van der Waals surface area contributed by atoms with E-state index < -0.39 is 47.0 Å². The Kier molecular flexibility index (Phi) is 8.61. The average molecular weight is 505 g/mol. The van der Waals surface area contributed by atoms with Crippen LogP contribution in [0.4, 0.5) is 13.2 Å². The molecular formula is C19H16ClF3N4O7. The van der Waals surface area contributed by atoms with Crippen molar-refractivity contribution in [1.82, 2.24) is 5.01 Å². The molecule has 0 saturated heterocycles. The molecule has 182 valence electrons. The predicted molar refractivity (Wildman–Crippen MR) is 110 cm³/mol. The number of halogens is 4. The van der Waals surface area contributed by atoms with Crippen molar-refractivity contribution in [1.29, 1.82) is 0 Å². The summed E-state index contributed by atoms with van der Waals surface area (Å²) in [6.45, 7) is -1.48. The number of ether oxygens (including phenoxy) is 2. The molecule has 2 rings (SSSR count). The van der Waals surface area contributed by atoms with Crippen molar-refractivity contribution in [2.75, 3.05) is 20.4 Å². The van der Waals surface area contributed by atoms with E-state index in [2.05, 4.69) is 9.89 Å². The normalized spacial score (nSPS) is 11.5. The molecule has 15 heteroatoms. The van der Waals surface area contributed by atoms with Crippen LogP contribution in [0.15, 0.2) is 47.6 Å². The van der Waals surface area contributed by atoms with E-state index in [4.69, 9.17) is 26.9 Å². The zero-order chi connectivity index (χ0) is 25.5. The molecule has 0 atom stereocenters. The number of carbonyl (C=O) groups is 2. The standard InChI is InChI=1S/C19H16ClF3N4O7/c1-32-16(28)9-34-25-17(24)11-3-2-4-12(7-11)18(29)26(27(30)31)10-33-15-6-5-13(8-14(15)20)19(21,22)23/h2-8H,9-10H2,1H3,(H2,24,25). The second-order valence-corrected chi connectivity index (χ2v) is 6.67. The Bertz CT molecular complexity index is 1110. The van der Waals surface area contributed by atoms with Gasteiger partial charge in [-0.3, -0.25) is 4.79 Å². The van der Waals surface area contributed by atoms with Crippen LogP contribution in [0.5, 0.6) is 5.75 Å². The number of methoxy groups -OCH3 is 1. The van der Waals surface area contributed by atoms with E-state index in [9.17, 15) is 32.9 Å². The molecule has 0 aromatic heterocycles. The molecular weight excluding hydrogens is 489 g/mol. The van der Waals surface area contributed by atoms with Gasteiger partial charge in [0.1, 0.15) is 5.75 Å². The molecule has 34 heavy (non-hydrogen) atoms. The maximum Gasteiger partial charge on any atom is 0.416 e. The largest absolute Gasteiger partial charge is 0.466 e. The summed E-state index contributed by atoms with van der Waals surface area (Å²) >= 11 is 5.75. The Labute approximate surface area is 194 Å². The number of nitro groups is 1. The highest BCUT2D eigenvalue weighted by Crippen LogP contribution is 2.34. The Morgan fingerprint density at radius 1 is 1.21 bits per heavy atom. The molecule has 2 aromatic rings. The highest BCUT2D eigenvalue weighted by Gasteiger charge is 2.32. The van der Waals surface area contributed by atoms with Gasteiger partial charge in [-0.1, -0.05) is 28.9 Å². The van der Waals surface area contributed by atoms with Crippen molar-refractivity contribution in [3.63, 3.8) is 0 Å². The van der Waals surface area contributed by atoms with Gasteiger partial charge in [-0.15, -0.1) is 0 Å². The fourth-order valence-corrected chi connectivity index (χ4v) is 2.57. The zero-order valence-corrected chi connectivity index (χ0v) is 18.0. The number of oxime groups is 1. The van der Waals surface area contributed by atoms with Crippen LogP contribution in [0, 0.1) is 10.1 Å². The van der Waals surface area contributed by atoms with Gasteiger partial charge >= 0.3 is 18.1 Å². The van der Waals surface area contributed by atoms with E-state index in [0.717, 1.165) is 13.2 Å². The first-order chi connectivity index (χ1) is 15.9. The van der Waals surface area contributed by atoms with Crippen LogP contribution in [-0.2, 0) is 20.5 Å². The summed E-state index contributed by atoms with van der Waals surface area (Å²) in [4.78, 5) is 39.8. The smallest absolute Gasteiger partial charge is 0.416 e. The van der Waals surface area contributed by atoms with E-state index in [1.807, 2.05) is 0 Å². The van der Waals surface area contributed by atoms with Gasteiger partial charge in [0.05, 0.1) is 17.7 Å². The van der Waals surface area contributed by atoms with Gasteiger partial charge in [0.2, 0.25) is 13.3 Å². The van der Waals surface area contributed by atoms with Gasteiger partial charge in [0.25, 0.3) is 0 Å². The van der Waals surface area contributed by atoms with Gasteiger partial charge in [-0.2, -0.15) is 13.2 Å². The van der Waals surface area contributed by atoms with E-state index >= 15 is 0 Å². The minimum absolute atomic E-state index is 0.0776. The Morgan fingerprint density at radius 2 is 1.88 bits per heavy atom. The third-order valence-corrected chi connectivity index (χ3v) is 4.31. The van der Waals surface area contributed by atoms with Crippen molar-refractivity contribution in [3.8, 4) is 5.75 Å². The second-order valence-electron chi connectivity index (χ2n) is 6.27. The fourth-order valence-electron chi connectivity index (χ4n) is 2.33. The summed E-state index contributed by atoms with van der Waals surface area (Å²) in [7, 11) is 1.14. The van der Waals surface area contributed by atoms with E-state index in [-0.39, 0.29) is 27.7 Å². The van der Waals surface area contributed by atoms with E-state index in [1.165, 1.54) is 24.3 Å². The van der Waals surface area contributed by atoms with Gasteiger partial charge < -0.3 is 20.0 Å². The summed E-state index contributed by atoms with van der Waals surface area (Å²) in [5, 5.41) is 13.4. The number of benzene rings is 2. The van der Waals surface area contributed by atoms with E-state index in [0.29, 0.717) is 12.1 Å². The van der Waals surface area contributed by atoms with Crippen molar-refractivity contribution in [2.24, 2.45) is 10.9 Å². The maximum atomic E-state index is 12.7. The number of rotatable bonds is 9. The topological polar surface area (TPSA) is 147 Å². The number of carbonyl (C=O) groups excluding carboxylic acids is 2. The van der Waals surface area contributed by atoms with Crippen molar-refractivity contribution < 1.29 is 42.1 Å². The first-order valence-electron chi connectivity index (χ1n) is 9.02. The maximum absolute atomic E-state index is 12.7. The first-order valence-corrected chi connectivity index (χ1v) is 9.40. The van der Waals surface area contributed by atoms with Gasteiger partial charge in [0, 0.05) is 11.1 Å². The molecule has 0 fully saturated rings. The average Bonchev–Trinajstić information content (AvgIpc) is 2.78. The number of alkyl halides is 3. The fraction of sp³-hybridized carbons (Fsp3) is 0.211. The van der Waals surface area contributed by atoms with Crippen LogP contribution in [-0.4, -0.2) is 48.2 Å². The molecule has 0 saturated carbocycles. The SMILES string of the molecule is COC(=O)CO/N=C(\N)c1cccc(C(=O)N(COc2ccc(C(F)(F)F)cc2Cl)[N+](=O)[O-])c1. The summed E-state index contributed by atoms with van der Waals surface area (Å²) in [6, 6.07) is 7.33. The van der Waals surface area contributed by atoms with Gasteiger partial charge in [0.15, 0.2) is 10.9 Å². The summed E-state index contributed by atoms with van der Waals surface area (Å²) in [6.07, 6.45) is -4.65. The molecule has 0 unspecified atom stereocenters. The number of nitrogens with zero attached hydrogens (tertiary/aromatic N) is 3. The molecule has 2 aromatic carbocycles. The molecule has 0 heterocycles. The molecule has 1 amide bonds. The summed E-state index contributed by atoms with van der Waals surface area (Å²) in [5.41, 5.74) is 4.63. The molecule has 11 nitrogen and oxygen atoms in total. The second kappa shape index (κ2) is 11.2. The van der Waals surface area contributed by atoms with Gasteiger partial charge in [-0.05, 0) is 35.3 Å². The molecule has 2 N–H and O–H groups in total. The molecule has 0 aliphatic rings. The van der Waals surface area contributed by atoms with E-state index in [1.54, 1.807) is 0 Å². The van der Waals surface area contributed by atoms with Gasteiger partial charge in [-0.25, -0.2) is 14.9 Å². The summed E-state index contributed by atoms with van der Waals surface area (Å²) < 4.78 is 47.7. The lowest BCUT2D eigenvalue weighted by Gasteiger charge is -2.15. The number of esters is 1. The van der Waals surface area contributed by atoms with Crippen molar-refractivity contribution in [2.45, 2.75) is 6.18 Å². The number of hydrogen-bond acceptors (Lipinski definition) is 8. The monoisotopic (exact) mass is 504 g/mol.